The molecule has 0 saturated carbocycles. The minimum Gasteiger partial charge on any atom is -0.497 e. The molecule has 0 fully saturated rings. The van der Waals surface area contributed by atoms with Crippen molar-refractivity contribution in [3.8, 4) is 17.7 Å². The molecule has 2 heterocycles. The van der Waals surface area contributed by atoms with Gasteiger partial charge in [-0.05, 0) is 36.5 Å². The number of hydrogen-bond acceptors (Lipinski definition) is 8. The highest BCUT2D eigenvalue weighted by Crippen LogP contribution is 2.29. The molecule has 1 aromatic heterocycles. The number of methoxy groups -OCH3 is 1. The smallest absolute Gasteiger partial charge is 0.258 e. The minimum absolute atomic E-state index is 0.0142. The van der Waals surface area contributed by atoms with E-state index >= 15 is 0 Å². The lowest BCUT2D eigenvalue weighted by molar-refractivity contribution is 0.415. The quantitative estimate of drug-likeness (QED) is 0.832. The number of aromatic hydroxyl groups is 1. The van der Waals surface area contributed by atoms with E-state index in [2.05, 4.69) is 9.98 Å². The summed E-state index contributed by atoms with van der Waals surface area (Å²) in [4.78, 5) is 8.86. The van der Waals surface area contributed by atoms with Crippen LogP contribution in [0.15, 0.2) is 40.1 Å². The first kappa shape index (κ1) is 16.9. The van der Waals surface area contributed by atoms with Gasteiger partial charge in [0, 0.05) is 13.1 Å². The Morgan fingerprint density at radius 3 is 2.72 bits per heavy atom. The Hall–Kier alpha value is -2.96. The third-order valence-corrected chi connectivity index (χ3v) is 4.79. The van der Waals surface area contributed by atoms with E-state index in [4.69, 9.17) is 21.7 Å². The molecule has 1 aromatic carbocycles. The van der Waals surface area contributed by atoms with Gasteiger partial charge in [0.05, 0.1) is 17.7 Å². The molecule has 0 radical (unpaired) electrons. The molecule has 1 N–H and O–H groups in total. The minimum atomic E-state index is 0.0142. The van der Waals surface area contributed by atoms with E-state index in [1.807, 2.05) is 6.07 Å². The van der Waals surface area contributed by atoms with Gasteiger partial charge in [-0.3, -0.25) is 4.57 Å². The molecule has 0 saturated heterocycles. The highest BCUT2D eigenvalue weighted by atomic mass is 32.1. The third kappa shape index (κ3) is 3.45. The van der Waals surface area contributed by atoms with Crippen molar-refractivity contribution in [1.29, 1.82) is 5.26 Å². The van der Waals surface area contributed by atoms with Crippen molar-refractivity contribution in [2.75, 3.05) is 7.11 Å². The molecule has 9 heteroatoms. The van der Waals surface area contributed by atoms with E-state index in [9.17, 15) is 10.4 Å². The van der Waals surface area contributed by atoms with Gasteiger partial charge in [0.1, 0.15) is 11.8 Å². The highest BCUT2D eigenvalue weighted by molar-refractivity contribution is 7.73. The molecule has 0 amide bonds. The number of aliphatic imine (C=N–C) groups is 2. The largest absolute Gasteiger partial charge is 0.497 e. The second-order valence-electron chi connectivity index (χ2n) is 4.89. The van der Waals surface area contributed by atoms with Crippen LogP contribution in [0.25, 0.3) is 6.08 Å². The maximum Gasteiger partial charge on any atom is 0.258 e. The van der Waals surface area contributed by atoms with Gasteiger partial charge in [-0.15, -0.1) is 11.3 Å². The molecule has 0 spiro atoms. The fraction of sp³-hybridized carbons (Fsp3) is 0.125. The van der Waals surface area contributed by atoms with Crippen LogP contribution in [0, 0.1) is 15.3 Å². The van der Waals surface area contributed by atoms with E-state index in [0.717, 1.165) is 0 Å². The molecule has 0 aliphatic carbocycles. The summed E-state index contributed by atoms with van der Waals surface area (Å²) in [6.07, 6.45) is 1.52. The van der Waals surface area contributed by atoms with Gasteiger partial charge in [-0.2, -0.15) is 10.3 Å². The summed E-state index contributed by atoms with van der Waals surface area (Å²) in [5.74, 6) is 0.973. The summed E-state index contributed by atoms with van der Waals surface area (Å²) >= 11 is 6.32. The molecule has 25 heavy (non-hydrogen) atoms. The summed E-state index contributed by atoms with van der Waals surface area (Å²) in [6, 6.07) is 8.93. The van der Waals surface area contributed by atoms with Crippen molar-refractivity contribution in [2.24, 2.45) is 17.0 Å². The van der Waals surface area contributed by atoms with Crippen LogP contribution >= 0.6 is 23.6 Å². The molecule has 0 bridgehead atoms. The molecule has 1 aliphatic heterocycles. The standard InChI is InChI=1S/C16H12N4O3S2/c1-20-15(21)12(25-16(20)24)7-13-19-11(8-17)14(23-13)18-9-3-5-10(22-2)6-4-9/h3-7,21H,1-2H3. The Balaban J connectivity index is 1.91. The van der Waals surface area contributed by atoms with Crippen LogP contribution in [0.1, 0.15) is 4.88 Å². The van der Waals surface area contributed by atoms with Crippen LogP contribution in [0.2, 0.25) is 0 Å². The molecule has 2 aromatic rings. The number of hydrogen-bond donors (Lipinski definition) is 1. The number of nitrogens with zero attached hydrogens (tertiary/aromatic N) is 4. The fourth-order valence-corrected chi connectivity index (χ4v) is 3.13. The van der Waals surface area contributed by atoms with Crippen molar-refractivity contribution in [3.63, 3.8) is 0 Å². The van der Waals surface area contributed by atoms with Gasteiger partial charge in [-0.1, -0.05) is 0 Å². The molecule has 7 nitrogen and oxygen atoms in total. The van der Waals surface area contributed by atoms with Crippen LogP contribution in [-0.4, -0.2) is 28.4 Å². The average molecular weight is 372 g/mol. The van der Waals surface area contributed by atoms with Gasteiger partial charge in [0.2, 0.25) is 17.5 Å². The zero-order valence-electron chi connectivity index (χ0n) is 13.3. The lowest BCUT2D eigenvalue weighted by Gasteiger charge is -2.01. The highest BCUT2D eigenvalue weighted by Gasteiger charge is 2.22. The predicted octanol–water partition coefficient (Wildman–Crippen LogP) is 3.55. The molecule has 0 unspecified atom stereocenters. The summed E-state index contributed by atoms with van der Waals surface area (Å²) in [5.41, 5.74) is 0.652. The normalized spacial score (nSPS) is 16.6. The first-order valence-corrected chi connectivity index (χ1v) is 8.24. The van der Waals surface area contributed by atoms with Crippen LogP contribution in [-0.2, 0) is 11.8 Å². The van der Waals surface area contributed by atoms with Crippen molar-refractivity contribution in [2.45, 2.75) is 0 Å². The Bertz CT molecular complexity index is 1010. The van der Waals surface area contributed by atoms with Crippen molar-refractivity contribution in [3.05, 3.63) is 39.0 Å². The van der Waals surface area contributed by atoms with Crippen LogP contribution in [0.5, 0.6) is 11.6 Å². The Morgan fingerprint density at radius 2 is 2.16 bits per heavy atom. The van der Waals surface area contributed by atoms with E-state index in [1.165, 1.54) is 22.0 Å². The predicted molar refractivity (Wildman–Crippen MR) is 98.0 cm³/mol. The van der Waals surface area contributed by atoms with Crippen LogP contribution in [0.3, 0.4) is 0 Å². The van der Waals surface area contributed by atoms with E-state index in [-0.39, 0.29) is 23.4 Å². The summed E-state index contributed by atoms with van der Waals surface area (Å²) in [6.45, 7) is 0. The molecule has 0 atom stereocenters. The van der Waals surface area contributed by atoms with Gasteiger partial charge in [0.25, 0.3) is 5.90 Å². The third-order valence-electron chi connectivity index (χ3n) is 3.30. The SMILES string of the molecule is COc1ccc(N=C2OC(=Cc3sc(=S)n(C)c3O)N=C2C#N)cc1. The van der Waals surface area contributed by atoms with Gasteiger partial charge >= 0.3 is 0 Å². The summed E-state index contributed by atoms with van der Waals surface area (Å²) in [5, 5.41) is 19.2. The van der Waals surface area contributed by atoms with Crippen LogP contribution in [0.4, 0.5) is 5.69 Å². The zero-order chi connectivity index (χ0) is 18.0. The lowest BCUT2D eigenvalue weighted by atomic mass is 10.3. The Labute approximate surface area is 152 Å². The number of benzene rings is 1. The van der Waals surface area contributed by atoms with Crippen molar-refractivity contribution in [1.82, 2.24) is 4.57 Å². The van der Waals surface area contributed by atoms with Crippen LogP contribution < -0.4 is 4.74 Å². The molecule has 3 rings (SSSR count). The first-order valence-electron chi connectivity index (χ1n) is 7.02. The van der Waals surface area contributed by atoms with Gasteiger partial charge in [0.15, 0.2) is 3.95 Å². The number of rotatable bonds is 3. The number of thiazole rings is 1. The molecular weight excluding hydrogens is 360 g/mol. The average Bonchev–Trinajstić information content (AvgIpc) is 3.11. The number of ether oxygens (including phenoxy) is 2. The maximum atomic E-state index is 10.0. The Kier molecular flexibility index (Phi) is 4.65. The van der Waals surface area contributed by atoms with E-state index in [0.29, 0.717) is 20.3 Å². The Morgan fingerprint density at radius 1 is 1.44 bits per heavy atom. The molecular formula is C16H12N4O3S2. The lowest BCUT2D eigenvalue weighted by Crippen LogP contribution is -2.07. The topological polar surface area (TPSA) is 92.1 Å². The molecule has 1 aliphatic rings. The second-order valence-corrected chi connectivity index (χ2v) is 6.56. The number of aromatic nitrogens is 1. The summed E-state index contributed by atoms with van der Waals surface area (Å²) < 4.78 is 12.6. The van der Waals surface area contributed by atoms with Gasteiger partial charge < -0.3 is 14.6 Å². The zero-order valence-corrected chi connectivity index (χ0v) is 14.9. The van der Waals surface area contributed by atoms with E-state index < -0.39 is 0 Å². The molecule has 126 valence electrons. The van der Waals surface area contributed by atoms with Gasteiger partial charge in [-0.25, -0.2) is 4.99 Å². The first-order chi connectivity index (χ1) is 12.0. The number of nitriles is 1. The van der Waals surface area contributed by atoms with Crippen molar-refractivity contribution >= 4 is 46.9 Å². The van der Waals surface area contributed by atoms with E-state index in [1.54, 1.807) is 38.4 Å². The van der Waals surface area contributed by atoms with Crippen molar-refractivity contribution < 1.29 is 14.6 Å². The monoisotopic (exact) mass is 372 g/mol. The fourth-order valence-electron chi connectivity index (χ4n) is 1.98. The summed E-state index contributed by atoms with van der Waals surface area (Å²) in [7, 11) is 3.24. The maximum absolute atomic E-state index is 10.0. The second kappa shape index (κ2) is 6.88.